The molecule has 0 saturated heterocycles. The van der Waals surface area contributed by atoms with Gasteiger partial charge in [-0.1, -0.05) is 17.2 Å². The minimum Gasteiger partial charge on any atom is -0.356 e. The zero-order valence-corrected chi connectivity index (χ0v) is 9.97. The van der Waals surface area contributed by atoms with Crippen LogP contribution in [-0.4, -0.2) is 19.0 Å². The van der Waals surface area contributed by atoms with Gasteiger partial charge in [-0.15, -0.1) is 0 Å². The van der Waals surface area contributed by atoms with Crippen molar-refractivity contribution in [1.82, 2.24) is 5.32 Å². The van der Waals surface area contributed by atoms with Crippen molar-refractivity contribution >= 4 is 5.91 Å². The highest BCUT2D eigenvalue weighted by atomic mass is 19.1. The van der Waals surface area contributed by atoms with Crippen LogP contribution in [0, 0.1) is 5.82 Å². The Morgan fingerprint density at radius 3 is 2.72 bits per heavy atom. The summed E-state index contributed by atoms with van der Waals surface area (Å²) in [7, 11) is 0. The Hall–Kier alpha value is -2.07. The Morgan fingerprint density at radius 1 is 1.33 bits per heavy atom. The fourth-order valence-corrected chi connectivity index (χ4v) is 1.43. The lowest BCUT2D eigenvalue weighted by Gasteiger charge is -2.04. The number of hydrogen-bond donors (Lipinski definition) is 1. The number of rotatable bonds is 7. The van der Waals surface area contributed by atoms with Crippen molar-refractivity contribution in [1.29, 1.82) is 0 Å². The van der Waals surface area contributed by atoms with Crippen molar-refractivity contribution in [2.45, 2.75) is 19.3 Å². The number of azide groups is 1. The van der Waals surface area contributed by atoms with Gasteiger partial charge in [0.05, 0.1) is 6.42 Å². The number of unbranched alkanes of at least 4 members (excludes halogenated alkanes) is 1. The molecule has 5 nitrogen and oxygen atoms in total. The van der Waals surface area contributed by atoms with Crippen LogP contribution in [-0.2, 0) is 11.2 Å². The van der Waals surface area contributed by atoms with E-state index in [0.29, 0.717) is 13.1 Å². The molecule has 0 aliphatic carbocycles. The molecular weight excluding hydrogens is 235 g/mol. The number of nitrogens with zero attached hydrogens (tertiary/aromatic N) is 3. The summed E-state index contributed by atoms with van der Waals surface area (Å²) in [5, 5.41) is 6.15. The van der Waals surface area contributed by atoms with Crippen LogP contribution < -0.4 is 5.32 Å². The Kier molecular flexibility index (Phi) is 6.28. The largest absolute Gasteiger partial charge is 0.356 e. The Balaban J connectivity index is 2.17. The molecule has 0 fully saturated rings. The number of halogens is 1. The average molecular weight is 250 g/mol. The van der Waals surface area contributed by atoms with Crippen molar-refractivity contribution in [2.75, 3.05) is 13.1 Å². The summed E-state index contributed by atoms with van der Waals surface area (Å²) in [6.07, 6.45) is 1.77. The number of carbonyl (C=O) groups is 1. The lowest BCUT2D eigenvalue weighted by molar-refractivity contribution is -0.120. The van der Waals surface area contributed by atoms with Gasteiger partial charge >= 0.3 is 0 Å². The third kappa shape index (κ3) is 5.86. The van der Waals surface area contributed by atoms with E-state index < -0.39 is 0 Å². The molecule has 96 valence electrons. The lowest BCUT2D eigenvalue weighted by Crippen LogP contribution is -2.26. The molecule has 18 heavy (non-hydrogen) atoms. The molecule has 0 radical (unpaired) electrons. The first-order chi connectivity index (χ1) is 8.72. The highest BCUT2D eigenvalue weighted by Gasteiger charge is 2.02. The van der Waals surface area contributed by atoms with Gasteiger partial charge in [-0.05, 0) is 36.1 Å². The summed E-state index contributed by atoms with van der Waals surface area (Å²) < 4.78 is 12.6. The predicted octanol–water partition coefficient (Wildman–Crippen LogP) is 2.57. The number of carbonyl (C=O) groups excluding carboxylic acids is 1. The molecular formula is C12H15FN4O. The van der Waals surface area contributed by atoms with Crippen LogP contribution in [0.2, 0.25) is 0 Å². The monoisotopic (exact) mass is 250 g/mol. The summed E-state index contributed by atoms with van der Waals surface area (Å²) in [5.74, 6) is -0.400. The Labute approximate surface area is 105 Å². The summed E-state index contributed by atoms with van der Waals surface area (Å²) in [6, 6.07) is 5.86. The predicted molar refractivity (Wildman–Crippen MR) is 66.4 cm³/mol. The van der Waals surface area contributed by atoms with E-state index in [1.165, 1.54) is 12.1 Å². The zero-order chi connectivity index (χ0) is 13.2. The molecule has 0 aliphatic heterocycles. The first kappa shape index (κ1) is 14.0. The molecule has 1 aromatic rings. The fourth-order valence-electron chi connectivity index (χ4n) is 1.43. The summed E-state index contributed by atoms with van der Waals surface area (Å²) in [4.78, 5) is 14.1. The summed E-state index contributed by atoms with van der Waals surface area (Å²) in [6.45, 7) is 1.01. The van der Waals surface area contributed by atoms with Crippen LogP contribution in [0.5, 0.6) is 0 Å². The molecule has 0 aliphatic rings. The van der Waals surface area contributed by atoms with Gasteiger partial charge < -0.3 is 5.32 Å². The fraction of sp³-hybridized carbons (Fsp3) is 0.417. The molecule has 0 atom stereocenters. The maximum absolute atomic E-state index is 12.6. The molecule has 0 saturated carbocycles. The minimum absolute atomic E-state index is 0.0922. The van der Waals surface area contributed by atoms with Crippen molar-refractivity contribution in [3.8, 4) is 0 Å². The SMILES string of the molecule is [N-]=[N+]=NCCCCNC(=O)Cc1ccc(F)cc1. The van der Waals surface area contributed by atoms with Crippen LogP contribution in [0.1, 0.15) is 18.4 Å². The van der Waals surface area contributed by atoms with E-state index in [-0.39, 0.29) is 18.1 Å². The smallest absolute Gasteiger partial charge is 0.224 e. The van der Waals surface area contributed by atoms with Crippen LogP contribution in [0.4, 0.5) is 4.39 Å². The molecule has 0 unspecified atom stereocenters. The second-order valence-corrected chi connectivity index (χ2v) is 3.81. The van der Waals surface area contributed by atoms with E-state index in [4.69, 9.17) is 5.53 Å². The van der Waals surface area contributed by atoms with Gasteiger partial charge in [0.1, 0.15) is 5.82 Å². The second kappa shape index (κ2) is 8.08. The highest BCUT2D eigenvalue weighted by molar-refractivity contribution is 5.78. The van der Waals surface area contributed by atoms with Crippen LogP contribution in [0.15, 0.2) is 29.4 Å². The number of nitrogens with one attached hydrogen (secondary N) is 1. The molecule has 0 heterocycles. The van der Waals surface area contributed by atoms with Crippen molar-refractivity contribution in [3.63, 3.8) is 0 Å². The second-order valence-electron chi connectivity index (χ2n) is 3.81. The van der Waals surface area contributed by atoms with Gasteiger partial charge in [-0.2, -0.15) is 0 Å². The average Bonchev–Trinajstić information content (AvgIpc) is 2.36. The first-order valence-corrected chi connectivity index (χ1v) is 5.74. The molecule has 6 heteroatoms. The first-order valence-electron chi connectivity index (χ1n) is 5.74. The Bertz CT molecular complexity index is 426. The third-order valence-electron chi connectivity index (χ3n) is 2.35. The van der Waals surface area contributed by atoms with Crippen molar-refractivity contribution in [2.24, 2.45) is 5.11 Å². The Morgan fingerprint density at radius 2 is 2.06 bits per heavy atom. The van der Waals surface area contributed by atoms with Gasteiger partial charge in [0.15, 0.2) is 0 Å². The zero-order valence-electron chi connectivity index (χ0n) is 9.97. The maximum Gasteiger partial charge on any atom is 0.224 e. The van der Waals surface area contributed by atoms with Crippen LogP contribution >= 0.6 is 0 Å². The van der Waals surface area contributed by atoms with Gasteiger partial charge in [-0.3, -0.25) is 4.79 Å². The van der Waals surface area contributed by atoms with Gasteiger partial charge in [-0.25, -0.2) is 4.39 Å². The standard InChI is InChI=1S/C12H15FN4O/c13-11-5-3-10(4-6-11)9-12(18)15-7-1-2-8-16-17-14/h3-6H,1-2,7-9H2,(H,15,18). The number of benzene rings is 1. The third-order valence-corrected chi connectivity index (χ3v) is 2.35. The normalized spacial score (nSPS) is 9.61. The molecule has 0 spiro atoms. The molecule has 1 N–H and O–H groups in total. The highest BCUT2D eigenvalue weighted by Crippen LogP contribution is 2.03. The van der Waals surface area contributed by atoms with Crippen molar-refractivity contribution in [3.05, 3.63) is 46.1 Å². The van der Waals surface area contributed by atoms with Gasteiger partial charge in [0.2, 0.25) is 5.91 Å². The summed E-state index contributed by atoms with van der Waals surface area (Å²) >= 11 is 0. The topological polar surface area (TPSA) is 77.9 Å². The minimum atomic E-state index is -0.308. The van der Waals surface area contributed by atoms with E-state index >= 15 is 0 Å². The van der Waals surface area contributed by atoms with Crippen LogP contribution in [0.25, 0.3) is 10.4 Å². The van der Waals surface area contributed by atoms with Crippen molar-refractivity contribution < 1.29 is 9.18 Å². The van der Waals surface area contributed by atoms with E-state index in [2.05, 4.69) is 15.3 Å². The quantitative estimate of drug-likeness (QED) is 0.343. The molecule has 1 aromatic carbocycles. The molecule has 0 bridgehead atoms. The maximum atomic E-state index is 12.6. The van der Waals surface area contributed by atoms with E-state index in [9.17, 15) is 9.18 Å². The van der Waals surface area contributed by atoms with Crippen LogP contribution in [0.3, 0.4) is 0 Å². The van der Waals surface area contributed by atoms with E-state index in [1.54, 1.807) is 12.1 Å². The lowest BCUT2D eigenvalue weighted by atomic mass is 10.1. The van der Waals surface area contributed by atoms with Gasteiger partial charge in [0, 0.05) is 18.0 Å². The van der Waals surface area contributed by atoms with Gasteiger partial charge in [0.25, 0.3) is 0 Å². The summed E-state index contributed by atoms with van der Waals surface area (Å²) in [5.41, 5.74) is 8.84. The number of hydrogen-bond acceptors (Lipinski definition) is 2. The molecule has 1 amide bonds. The van der Waals surface area contributed by atoms with E-state index in [1.807, 2.05) is 0 Å². The van der Waals surface area contributed by atoms with E-state index in [0.717, 1.165) is 18.4 Å². The molecule has 1 rings (SSSR count). The number of amides is 1. The molecule has 0 aromatic heterocycles.